The van der Waals surface area contributed by atoms with Gasteiger partial charge in [-0.1, -0.05) is 58.0 Å². The number of aromatic nitrogens is 2. The van der Waals surface area contributed by atoms with Crippen LogP contribution >= 0.6 is 0 Å². The van der Waals surface area contributed by atoms with Crippen molar-refractivity contribution in [1.82, 2.24) is 20.2 Å². The number of Topliss-reactive ketones (excluding diaryl/α,β-unsaturated/α-hetero) is 3. The molecule has 1 aromatic heterocycles. The van der Waals surface area contributed by atoms with E-state index in [1.165, 1.54) is 49.2 Å². The molecular weight excluding hydrogens is 815 g/mol. The number of phenolic OH excluding ortho intramolecular Hbond substituents is 2. The average Bonchev–Trinajstić information content (AvgIpc) is 3.24. The van der Waals surface area contributed by atoms with Crippen molar-refractivity contribution in [2.75, 3.05) is 26.7 Å². The summed E-state index contributed by atoms with van der Waals surface area (Å²) in [5.41, 5.74) is 15.7. The van der Waals surface area contributed by atoms with E-state index in [9.17, 15) is 39.4 Å². The molecule has 7 N–H and O–H groups in total. The second kappa shape index (κ2) is 20.8. The van der Waals surface area contributed by atoms with Crippen LogP contribution in [-0.4, -0.2) is 87.0 Å². The summed E-state index contributed by atoms with van der Waals surface area (Å²) in [5.74, 6) is -4.66. The minimum Gasteiger partial charge on any atom is -0.507 e. The number of nitriles is 1. The fourth-order valence-electron chi connectivity index (χ4n) is 8.11. The summed E-state index contributed by atoms with van der Waals surface area (Å²) in [7, 11) is 1.43. The Balaban J connectivity index is 1.54. The highest BCUT2D eigenvalue weighted by molar-refractivity contribution is 6.01. The molecule has 15 nitrogen and oxygen atoms in total. The first-order valence-corrected chi connectivity index (χ1v) is 21.5. The molecule has 0 saturated heterocycles. The van der Waals surface area contributed by atoms with Crippen molar-refractivity contribution in [2.24, 2.45) is 23.3 Å². The fourth-order valence-corrected chi connectivity index (χ4v) is 8.11. The average molecular weight is 874 g/mol. The Bertz CT molecular complexity index is 2430. The summed E-state index contributed by atoms with van der Waals surface area (Å²) in [5, 5.41) is 34.8. The van der Waals surface area contributed by atoms with Crippen molar-refractivity contribution in [3.8, 4) is 45.8 Å². The van der Waals surface area contributed by atoms with Gasteiger partial charge in [0.1, 0.15) is 18.4 Å². The maximum atomic E-state index is 14.7. The van der Waals surface area contributed by atoms with Crippen molar-refractivity contribution in [3.05, 3.63) is 88.2 Å². The van der Waals surface area contributed by atoms with Gasteiger partial charge in [0.05, 0.1) is 29.1 Å². The van der Waals surface area contributed by atoms with Crippen molar-refractivity contribution in [2.45, 2.75) is 97.6 Å². The number of likely N-dealkylation sites (N-methyl/N-ethyl adjacent to an activating group) is 1. The summed E-state index contributed by atoms with van der Waals surface area (Å²) in [4.78, 5) is 81.1. The molecule has 338 valence electrons. The number of amides is 2. The van der Waals surface area contributed by atoms with Crippen LogP contribution in [-0.2, 0) is 31.0 Å². The maximum Gasteiger partial charge on any atom is 0.226 e. The number of phenols is 2. The molecule has 3 aromatic carbocycles. The Morgan fingerprint density at radius 2 is 1.64 bits per heavy atom. The lowest BCUT2D eigenvalue weighted by atomic mass is 9.86. The number of nitrogens with two attached hydrogens (primary N) is 2. The monoisotopic (exact) mass is 873 g/mol. The van der Waals surface area contributed by atoms with E-state index in [0.717, 1.165) is 11.1 Å². The first kappa shape index (κ1) is 48.5. The Morgan fingerprint density at radius 3 is 2.25 bits per heavy atom. The summed E-state index contributed by atoms with van der Waals surface area (Å²) in [6.45, 7) is 11.5. The molecule has 0 unspecified atom stereocenters. The molecule has 5 rings (SSSR count). The van der Waals surface area contributed by atoms with E-state index < -0.39 is 47.3 Å². The number of hydrogen-bond donors (Lipinski definition) is 5. The first-order valence-electron chi connectivity index (χ1n) is 21.5. The van der Waals surface area contributed by atoms with Crippen molar-refractivity contribution in [1.29, 1.82) is 5.26 Å². The molecule has 0 saturated carbocycles. The standard InChI is InChI=1S/C49H59N7O8/c1-27-21-41(60)44(56(7)48(63)33(16-18-51)26-40(59)43-28(2)53-46(54-29(43)3)31-10-13-34(14-11-31)49(4,5)6)32-12-15-38(57)35(25-32)36-22-30(24-42(45(36)61)64-20-19-52)23-37(55-47(27)62)39(58)9-8-17-50/h10-15,22,24-25,27,33,37,44,57,61H,8-9,16,18-21,23,26,51-52H2,1-7H3,(H,55,62)/t27-,33-,37+,44+/m1/s1. The number of ketones is 3. The van der Waals surface area contributed by atoms with Crippen LogP contribution in [0.2, 0.25) is 0 Å². The quantitative estimate of drug-likeness (QED) is 0.0952. The lowest BCUT2D eigenvalue weighted by Gasteiger charge is -2.32. The Labute approximate surface area is 374 Å². The number of rotatable bonds is 14. The third kappa shape index (κ3) is 11.2. The van der Waals surface area contributed by atoms with Crippen LogP contribution in [0, 0.1) is 37.0 Å². The van der Waals surface area contributed by atoms with Gasteiger partial charge in [-0.2, -0.15) is 5.26 Å². The van der Waals surface area contributed by atoms with Crippen LogP contribution in [0.4, 0.5) is 0 Å². The van der Waals surface area contributed by atoms with E-state index in [1.807, 2.05) is 30.3 Å². The number of ether oxygens (including phenoxy) is 1. The predicted molar refractivity (Wildman–Crippen MR) is 241 cm³/mol. The van der Waals surface area contributed by atoms with Crippen LogP contribution in [0.1, 0.15) is 104 Å². The molecule has 0 fully saturated rings. The highest BCUT2D eigenvalue weighted by Crippen LogP contribution is 2.44. The van der Waals surface area contributed by atoms with Gasteiger partial charge in [-0.15, -0.1) is 0 Å². The van der Waals surface area contributed by atoms with Gasteiger partial charge < -0.3 is 36.6 Å². The topological polar surface area (TPSA) is 252 Å². The van der Waals surface area contributed by atoms with Crippen molar-refractivity contribution < 1.29 is 38.9 Å². The summed E-state index contributed by atoms with van der Waals surface area (Å²) in [6, 6.07) is 14.8. The normalized spacial score (nSPS) is 17.1. The van der Waals surface area contributed by atoms with Gasteiger partial charge in [0, 0.05) is 67.8 Å². The molecule has 2 amide bonds. The van der Waals surface area contributed by atoms with Gasteiger partial charge >= 0.3 is 0 Å². The third-order valence-corrected chi connectivity index (χ3v) is 11.6. The summed E-state index contributed by atoms with van der Waals surface area (Å²) < 4.78 is 5.77. The fraction of sp³-hybridized carbons (Fsp3) is 0.429. The second-order valence-electron chi connectivity index (χ2n) is 17.5. The van der Waals surface area contributed by atoms with Crippen molar-refractivity contribution in [3.63, 3.8) is 0 Å². The molecule has 0 radical (unpaired) electrons. The Morgan fingerprint density at radius 1 is 0.969 bits per heavy atom. The molecule has 4 aromatic rings. The van der Waals surface area contributed by atoms with Gasteiger partial charge in [0.25, 0.3) is 0 Å². The number of hydrogen-bond acceptors (Lipinski definition) is 13. The lowest BCUT2D eigenvalue weighted by molar-refractivity contribution is -0.142. The molecule has 4 atom stereocenters. The highest BCUT2D eigenvalue weighted by atomic mass is 16.5. The molecule has 0 aliphatic carbocycles. The maximum absolute atomic E-state index is 14.7. The van der Waals surface area contributed by atoms with Crippen LogP contribution < -0.4 is 21.5 Å². The number of fused-ring (bicyclic) bond motifs is 5. The van der Waals surface area contributed by atoms with E-state index in [1.54, 1.807) is 13.8 Å². The molecule has 2 heterocycles. The van der Waals surface area contributed by atoms with Crippen molar-refractivity contribution >= 4 is 29.2 Å². The zero-order valence-electron chi connectivity index (χ0n) is 37.7. The second-order valence-corrected chi connectivity index (χ2v) is 17.5. The molecule has 1 aliphatic rings. The molecular formula is C49H59N7O8. The summed E-state index contributed by atoms with van der Waals surface area (Å²) >= 11 is 0. The van der Waals surface area contributed by atoms with E-state index in [2.05, 4.69) is 36.1 Å². The Hall–Kier alpha value is -6.50. The molecule has 4 bridgehead atoms. The number of nitrogens with zero attached hydrogens (tertiary/aromatic N) is 4. The van der Waals surface area contributed by atoms with E-state index >= 15 is 0 Å². The third-order valence-electron chi connectivity index (χ3n) is 11.6. The number of nitrogens with one attached hydrogen (secondary N) is 1. The lowest BCUT2D eigenvalue weighted by Crippen LogP contribution is -2.46. The van der Waals surface area contributed by atoms with Gasteiger partial charge in [-0.3, -0.25) is 24.0 Å². The molecule has 15 heteroatoms. The zero-order valence-corrected chi connectivity index (χ0v) is 37.7. The van der Waals surface area contributed by atoms with Gasteiger partial charge in [0.15, 0.2) is 34.7 Å². The van der Waals surface area contributed by atoms with Gasteiger partial charge in [-0.05, 0) is 79.6 Å². The van der Waals surface area contributed by atoms with Crippen LogP contribution in [0.25, 0.3) is 22.5 Å². The van der Waals surface area contributed by atoms with E-state index in [4.69, 9.17) is 16.2 Å². The van der Waals surface area contributed by atoms with Crippen LogP contribution in [0.15, 0.2) is 54.6 Å². The minimum atomic E-state index is -1.34. The largest absolute Gasteiger partial charge is 0.507 e. The number of carbonyl (C=O) groups is 5. The van der Waals surface area contributed by atoms with E-state index in [-0.39, 0.29) is 109 Å². The number of benzene rings is 3. The van der Waals surface area contributed by atoms with Gasteiger partial charge in [-0.25, -0.2) is 9.97 Å². The van der Waals surface area contributed by atoms with Gasteiger partial charge in [0.2, 0.25) is 11.8 Å². The molecule has 0 spiro atoms. The van der Waals surface area contributed by atoms with Crippen LogP contribution in [0.3, 0.4) is 0 Å². The summed E-state index contributed by atoms with van der Waals surface area (Å²) in [6.07, 6.45) is -0.830. The zero-order chi connectivity index (χ0) is 47.0. The minimum absolute atomic E-state index is 0.00718. The first-order chi connectivity index (χ1) is 30.3. The smallest absolute Gasteiger partial charge is 0.226 e. The highest BCUT2D eigenvalue weighted by Gasteiger charge is 2.36. The predicted octanol–water partition coefficient (Wildman–Crippen LogP) is 5.72. The Kier molecular flexibility index (Phi) is 15.8. The number of carbonyl (C=O) groups excluding carboxylic acids is 5. The SMILES string of the molecule is Cc1nc(-c2ccc(C(C)(C)C)cc2)nc(C)c1C(=O)C[C@@H](CCN)C(=O)N(C)[C@@H]1C(=O)C[C@@H](C)C(=O)N[C@H](C(=O)CCC#N)Cc2cc(OCCN)c(O)c(c2)-c2cc1ccc2O. The molecule has 64 heavy (non-hydrogen) atoms. The van der Waals surface area contributed by atoms with E-state index in [0.29, 0.717) is 22.8 Å². The van der Waals surface area contributed by atoms with Crippen LogP contribution in [0.5, 0.6) is 17.2 Å². The number of aryl methyl sites for hydroxylation is 2. The molecule has 1 aliphatic heterocycles. The number of aromatic hydroxyl groups is 2.